The summed E-state index contributed by atoms with van der Waals surface area (Å²) in [6.07, 6.45) is -17.9. The van der Waals surface area contributed by atoms with E-state index in [1.807, 2.05) is 0 Å². The van der Waals surface area contributed by atoms with Crippen molar-refractivity contribution in [2.75, 3.05) is 28.4 Å². The van der Waals surface area contributed by atoms with Gasteiger partial charge in [0.25, 0.3) is 0 Å². The third-order valence-electron chi connectivity index (χ3n) is 8.15. The van der Waals surface area contributed by atoms with E-state index in [2.05, 4.69) is 35.5 Å². The number of halogens is 12. The molecule has 0 amide bonds. The molecule has 0 unspecified atom stereocenters. The van der Waals surface area contributed by atoms with Crippen molar-refractivity contribution in [3.63, 3.8) is 0 Å². The largest absolute Gasteiger partial charge is 0.573 e. The molecule has 1 fully saturated rings. The van der Waals surface area contributed by atoms with E-state index in [-0.39, 0.29) is 58.4 Å². The highest BCUT2D eigenvalue weighted by Gasteiger charge is 2.65. The highest BCUT2D eigenvalue weighted by molar-refractivity contribution is 5.93. The fraction of sp³-hybridized carbons (Fsp3) is 0.297. The Balaban J connectivity index is 0.000000269. The van der Waals surface area contributed by atoms with Crippen LogP contribution < -0.4 is 28.4 Å². The molecule has 0 saturated heterocycles. The van der Waals surface area contributed by atoms with Crippen molar-refractivity contribution in [1.82, 2.24) is 9.97 Å². The number of aromatic nitrogens is 2. The molecule has 5 rings (SSSR count). The fourth-order valence-electron chi connectivity index (χ4n) is 5.05. The first-order valence-corrected chi connectivity index (χ1v) is 16.5. The molecular formula is C37H28F12N2O10. The molecule has 12 nitrogen and oxygen atoms in total. The molecule has 330 valence electrons. The van der Waals surface area contributed by atoms with Crippen molar-refractivity contribution in [1.29, 1.82) is 0 Å². The number of allylic oxidation sites excluding steroid dienone is 1. The Morgan fingerprint density at radius 3 is 1.38 bits per heavy atom. The number of esters is 2. The second kappa shape index (κ2) is 17.9. The Bertz CT molecular complexity index is 2250. The third kappa shape index (κ3) is 11.8. The maximum atomic E-state index is 13.5. The molecule has 1 saturated carbocycles. The van der Waals surface area contributed by atoms with Crippen LogP contribution in [0.3, 0.4) is 0 Å². The summed E-state index contributed by atoms with van der Waals surface area (Å²) in [6, 6.07) is 7.35. The van der Waals surface area contributed by atoms with E-state index in [4.69, 9.17) is 18.9 Å². The summed E-state index contributed by atoms with van der Waals surface area (Å²) in [6.45, 7) is 2.91. The van der Waals surface area contributed by atoms with Gasteiger partial charge in [0.2, 0.25) is 0 Å². The number of carbonyl (C=O) groups is 2. The molecule has 1 aliphatic carbocycles. The smallest absolute Gasteiger partial charge is 0.493 e. The molecule has 0 aliphatic heterocycles. The van der Waals surface area contributed by atoms with Crippen LogP contribution in [0.25, 0.3) is 5.57 Å². The number of hydrogen-bond donors (Lipinski definition) is 0. The molecule has 0 spiro atoms. The minimum Gasteiger partial charge on any atom is -0.493 e. The van der Waals surface area contributed by atoms with Crippen molar-refractivity contribution in [2.24, 2.45) is 0 Å². The van der Waals surface area contributed by atoms with E-state index in [1.165, 1.54) is 0 Å². The Morgan fingerprint density at radius 1 is 0.590 bits per heavy atom. The van der Waals surface area contributed by atoms with Crippen molar-refractivity contribution >= 4 is 17.5 Å². The average molecular weight is 889 g/mol. The molecule has 1 aliphatic rings. The van der Waals surface area contributed by atoms with E-state index in [0.29, 0.717) is 0 Å². The number of nitrogens with zero attached hydrogens (tertiary/aromatic N) is 2. The first kappa shape index (κ1) is 47.1. The van der Waals surface area contributed by atoms with Gasteiger partial charge in [-0.3, -0.25) is 9.97 Å². The Kier molecular flexibility index (Phi) is 13.8. The molecule has 4 aromatic rings. The van der Waals surface area contributed by atoms with Crippen molar-refractivity contribution in [3.8, 4) is 46.0 Å². The molecular weight excluding hydrogens is 860 g/mol. The lowest BCUT2D eigenvalue weighted by atomic mass is 10.00. The third-order valence-corrected chi connectivity index (χ3v) is 8.15. The topological polar surface area (TPSA) is 134 Å². The maximum Gasteiger partial charge on any atom is 0.573 e. The lowest BCUT2D eigenvalue weighted by Crippen LogP contribution is -2.29. The van der Waals surface area contributed by atoms with Gasteiger partial charge in [0.1, 0.15) is 39.5 Å². The van der Waals surface area contributed by atoms with Crippen LogP contribution in [-0.2, 0) is 14.9 Å². The van der Waals surface area contributed by atoms with Crippen LogP contribution in [0.15, 0.2) is 67.5 Å². The second-order valence-corrected chi connectivity index (χ2v) is 12.1. The standard InChI is InChI=1S/C19H15F6NO5.C18H13F6NO5/c1-28-14-7-10(31-19(23,24)25)3-4-12(14)30-13-8-15(17(5-6-17)18(20,21)22)26-9-11(13)16(27)29-2;1-9(17(19,20)21)12-7-14(11(8-25-12)16(26)28-3)29-13-5-4-10(6-15(13)27-2)30-18(22,23)24/h3-4,7-9H,5-6H2,1-2H3;4-8H,1H2,2-3H3. The second-order valence-electron chi connectivity index (χ2n) is 12.1. The zero-order valence-electron chi connectivity index (χ0n) is 31.4. The summed E-state index contributed by atoms with van der Waals surface area (Å²) >= 11 is 0. The summed E-state index contributed by atoms with van der Waals surface area (Å²) < 4.78 is 191. The van der Waals surface area contributed by atoms with Gasteiger partial charge >= 0.3 is 37.0 Å². The van der Waals surface area contributed by atoms with Crippen molar-refractivity contribution < 1.29 is 100 Å². The zero-order chi connectivity index (χ0) is 45.7. The number of hydrogen-bond acceptors (Lipinski definition) is 12. The molecule has 0 N–H and O–H groups in total. The molecule has 0 bridgehead atoms. The molecule has 0 radical (unpaired) electrons. The van der Waals surface area contributed by atoms with E-state index in [1.54, 1.807) is 0 Å². The predicted molar refractivity (Wildman–Crippen MR) is 183 cm³/mol. The van der Waals surface area contributed by atoms with Gasteiger partial charge in [-0.05, 0) is 37.1 Å². The minimum absolute atomic E-state index is 0.170. The van der Waals surface area contributed by atoms with Crippen LogP contribution in [0.1, 0.15) is 44.9 Å². The van der Waals surface area contributed by atoms with Gasteiger partial charge < -0.3 is 37.9 Å². The van der Waals surface area contributed by atoms with E-state index >= 15 is 0 Å². The summed E-state index contributed by atoms with van der Waals surface area (Å²) in [5.41, 5.74) is -5.05. The van der Waals surface area contributed by atoms with Gasteiger partial charge in [-0.25, -0.2) is 9.59 Å². The summed E-state index contributed by atoms with van der Waals surface area (Å²) in [5, 5.41) is 0. The number of alkyl halides is 12. The average Bonchev–Trinajstić information content (AvgIpc) is 4.00. The number of ether oxygens (including phenoxy) is 8. The molecule has 2 aromatic carbocycles. The van der Waals surface area contributed by atoms with E-state index in [0.717, 1.165) is 89.4 Å². The maximum absolute atomic E-state index is 13.5. The molecule has 2 aromatic heterocycles. The highest BCUT2D eigenvalue weighted by Crippen LogP contribution is 2.59. The SMILES string of the molecule is C=C(c1cc(Oc2ccc(OC(F)(F)F)cc2OC)c(C(=O)OC)cn1)C(F)(F)F.COC(=O)c1cnc(C2(C(F)(F)F)CC2)cc1Oc1ccc(OC(F)(F)F)cc1OC. The van der Waals surface area contributed by atoms with Gasteiger partial charge in [-0.2, -0.15) is 26.3 Å². The van der Waals surface area contributed by atoms with Crippen LogP contribution in [0.4, 0.5) is 52.7 Å². The van der Waals surface area contributed by atoms with Gasteiger partial charge in [0, 0.05) is 36.7 Å². The lowest BCUT2D eigenvalue weighted by molar-refractivity contribution is -0.275. The van der Waals surface area contributed by atoms with Crippen LogP contribution >= 0.6 is 0 Å². The summed E-state index contributed by atoms with van der Waals surface area (Å²) in [4.78, 5) is 31.2. The first-order chi connectivity index (χ1) is 28.2. The number of carbonyl (C=O) groups excluding carboxylic acids is 2. The fourth-order valence-corrected chi connectivity index (χ4v) is 5.05. The van der Waals surface area contributed by atoms with Crippen LogP contribution in [0.5, 0.6) is 46.0 Å². The van der Waals surface area contributed by atoms with E-state index in [9.17, 15) is 62.3 Å². The zero-order valence-corrected chi connectivity index (χ0v) is 31.4. The summed E-state index contributed by atoms with van der Waals surface area (Å²) in [7, 11) is 4.34. The Labute approximate surface area is 335 Å². The minimum atomic E-state index is -4.95. The van der Waals surface area contributed by atoms with Crippen molar-refractivity contribution in [3.05, 3.63) is 90.0 Å². The predicted octanol–water partition coefficient (Wildman–Crippen LogP) is 10.3. The molecule has 61 heavy (non-hydrogen) atoms. The Hall–Kier alpha value is -6.62. The number of rotatable bonds is 12. The first-order valence-electron chi connectivity index (χ1n) is 16.5. The van der Waals surface area contributed by atoms with Crippen LogP contribution in [-0.4, -0.2) is 75.4 Å². The number of benzene rings is 2. The number of pyridine rings is 2. The van der Waals surface area contributed by atoms with Crippen LogP contribution in [0, 0.1) is 0 Å². The van der Waals surface area contributed by atoms with Gasteiger partial charge in [-0.1, -0.05) is 6.58 Å². The lowest BCUT2D eigenvalue weighted by Gasteiger charge is -2.20. The molecule has 24 heteroatoms. The van der Waals surface area contributed by atoms with Gasteiger partial charge in [0.05, 0.1) is 45.4 Å². The highest BCUT2D eigenvalue weighted by atomic mass is 19.4. The molecule has 0 atom stereocenters. The molecule has 2 heterocycles. The van der Waals surface area contributed by atoms with E-state index < -0.39 is 70.9 Å². The van der Waals surface area contributed by atoms with Crippen LogP contribution in [0.2, 0.25) is 0 Å². The van der Waals surface area contributed by atoms with Gasteiger partial charge in [0.15, 0.2) is 23.0 Å². The Morgan fingerprint density at radius 2 is 1.02 bits per heavy atom. The normalized spacial score (nSPS) is 13.4. The summed E-state index contributed by atoms with van der Waals surface area (Å²) in [5.74, 6) is -4.72. The van der Waals surface area contributed by atoms with Crippen molar-refractivity contribution in [2.45, 2.75) is 43.3 Å². The quantitative estimate of drug-likeness (QED) is 0.0990. The van der Waals surface area contributed by atoms with Gasteiger partial charge in [-0.15, -0.1) is 26.3 Å². The number of methoxy groups -OCH3 is 4. The monoisotopic (exact) mass is 888 g/mol.